The highest BCUT2D eigenvalue weighted by Crippen LogP contribution is 2.38. The number of ether oxygens (including phenoxy) is 1. The van der Waals surface area contributed by atoms with E-state index in [1.54, 1.807) is 12.1 Å². The highest BCUT2D eigenvalue weighted by molar-refractivity contribution is 6.49. The Hall–Kier alpha value is -1.03. The Balaban J connectivity index is 2.59. The predicted molar refractivity (Wildman–Crippen MR) is 71.2 cm³/mol. The highest BCUT2D eigenvalue weighted by atomic mass is 35.5. The minimum absolute atomic E-state index is 0.186. The van der Waals surface area contributed by atoms with Crippen LogP contribution in [0.4, 0.5) is 4.39 Å². The molecule has 1 aromatic heterocycles. The van der Waals surface area contributed by atoms with Gasteiger partial charge < -0.3 is 4.74 Å². The average Bonchev–Trinajstić information content (AvgIpc) is 2.37. The van der Waals surface area contributed by atoms with Crippen molar-refractivity contribution in [3.8, 4) is 17.0 Å². The van der Waals surface area contributed by atoms with Crippen molar-refractivity contribution in [3.63, 3.8) is 0 Å². The van der Waals surface area contributed by atoms with Crippen molar-refractivity contribution < 1.29 is 9.13 Å². The van der Waals surface area contributed by atoms with Gasteiger partial charge in [0.15, 0.2) is 0 Å². The number of methoxy groups -OCH3 is 1. The molecular weight excluding hydrogens is 299 g/mol. The van der Waals surface area contributed by atoms with Crippen molar-refractivity contribution in [2.24, 2.45) is 0 Å². The molecule has 0 atom stereocenters. The maximum atomic E-state index is 13.8. The summed E-state index contributed by atoms with van der Waals surface area (Å²) < 4.78 is 18.6. The zero-order valence-corrected chi connectivity index (χ0v) is 11.4. The number of pyridine rings is 1. The fraction of sp³-hybridized carbons (Fsp3) is 0.0833. The van der Waals surface area contributed by atoms with Gasteiger partial charge in [0.25, 0.3) is 0 Å². The summed E-state index contributed by atoms with van der Waals surface area (Å²) in [5, 5.41) is 0.688. The third-order valence-corrected chi connectivity index (χ3v) is 3.65. The Morgan fingerprint density at radius 1 is 1.00 bits per heavy atom. The summed E-state index contributed by atoms with van der Waals surface area (Å²) in [6.45, 7) is 0. The van der Waals surface area contributed by atoms with E-state index in [0.29, 0.717) is 10.6 Å². The minimum atomic E-state index is -0.686. The van der Waals surface area contributed by atoms with Crippen LogP contribution in [0.3, 0.4) is 0 Å². The normalized spacial score (nSPS) is 10.5. The van der Waals surface area contributed by atoms with Gasteiger partial charge in [-0.1, -0.05) is 40.9 Å². The number of aromatic nitrogens is 1. The number of nitrogens with zero attached hydrogens (tertiary/aromatic N) is 1. The van der Waals surface area contributed by atoms with Gasteiger partial charge in [-0.3, -0.25) is 0 Å². The van der Waals surface area contributed by atoms with Gasteiger partial charge in [0.2, 0.25) is 11.8 Å². The third-order valence-electron chi connectivity index (χ3n) is 2.36. The monoisotopic (exact) mass is 305 g/mol. The van der Waals surface area contributed by atoms with Crippen LogP contribution in [-0.2, 0) is 0 Å². The highest BCUT2D eigenvalue weighted by Gasteiger charge is 2.15. The van der Waals surface area contributed by atoms with Gasteiger partial charge in [0.1, 0.15) is 0 Å². The van der Waals surface area contributed by atoms with Crippen molar-refractivity contribution >= 4 is 34.8 Å². The molecule has 0 fully saturated rings. The lowest BCUT2D eigenvalue weighted by Crippen LogP contribution is -1.94. The standard InChI is InChI=1S/C12H7Cl3FNO/c1-18-9-5-3-7(12(16)17-9)6-2-4-8(13)11(15)10(6)14/h2-5H,1H3. The van der Waals surface area contributed by atoms with E-state index in [0.717, 1.165) is 0 Å². The number of rotatable bonds is 2. The molecular formula is C12H7Cl3FNO. The van der Waals surface area contributed by atoms with Crippen molar-refractivity contribution in [1.82, 2.24) is 4.98 Å². The van der Waals surface area contributed by atoms with Gasteiger partial charge >= 0.3 is 0 Å². The van der Waals surface area contributed by atoms with Crippen LogP contribution in [0.15, 0.2) is 24.3 Å². The Morgan fingerprint density at radius 3 is 2.28 bits per heavy atom. The number of halogens is 4. The van der Waals surface area contributed by atoms with Crippen LogP contribution in [0.2, 0.25) is 15.1 Å². The first-order valence-electron chi connectivity index (χ1n) is 4.89. The largest absolute Gasteiger partial charge is 0.481 e. The maximum Gasteiger partial charge on any atom is 0.224 e. The topological polar surface area (TPSA) is 22.1 Å². The molecule has 1 heterocycles. The molecule has 1 aromatic carbocycles. The van der Waals surface area contributed by atoms with Gasteiger partial charge in [-0.05, 0) is 12.1 Å². The molecule has 94 valence electrons. The first-order valence-corrected chi connectivity index (χ1v) is 6.02. The molecule has 0 saturated heterocycles. The van der Waals surface area contributed by atoms with E-state index in [4.69, 9.17) is 39.5 Å². The molecule has 0 saturated carbocycles. The van der Waals surface area contributed by atoms with Crippen molar-refractivity contribution in [3.05, 3.63) is 45.3 Å². The number of hydrogen-bond donors (Lipinski definition) is 0. The second-order valence-corrected chi connectivity index (χ2v) is 4.58. The van der Waals surface area contributed by atoms with Gasteiger partial charge in [-0.15, -0.1) is 0 Å². The minimum Gasteiger partial charge on any atom is -0.481 e. The second kappa shape index (κ2) is 5.31. The van der Waals surface area contributed by atoms with Crippen molar-refractivity contribution in [2.75, 3.05) is 7.11 Å². The summed E-state index contributed by atoms with van der Waals surface area (Å²) in [5.41, 5.74) is 0.665. The summed E-state index contributed by atoms with van der Waals surface area (Å²) >= 11 is 17.8. The van der Waals surface area contributed by atoms with Crippen LogP contribution in [0.25, 0.3) is 11.1 Å². The third kappa shape index (κ3) is 2.39. The van der Waals surface area contributed by atoms with Gasteiger partial charge in [-0.2, -0.15) is 9.37 Å². The summed E-state index contributed by atoms with van der Waals surface area (Å²) in [6.07, 6.45) is 0. The molecule has 0 unspecified atom stereocenters. The lowest BCUT2D eigenvalue weighted by atomic mass is 10.1. The molecule has 2 aromatic rings. The molecule has 0 aliphatic rings. The average molecular weight is 307 g/mol. The smallest absolute Gasteiger partial charge is 0.224 e. The Kier molecular flexibility index (Phi) is 3.95. The van der Waals surface area contributed by atoms with Crippen molar-refractivity contribution in [1.29, 1.82) is 0 Å². The first kappa shape index (κ1) is 13.4. The second-order valence-electron chi connectivity index (χ2n) is 3.41. The fourth-order valence-electron chi connectivity index (χ4n) is 1.47. The SMILES string of the molecule is COc1ccc(-c2ccc(Cl)c(Cl)c2Cl)c(F)n1. The van der Waals surface area contributed by atoms with E-state index in [9.17, 15) is 4.39 Å². The van der Waals surface area contributed by atoms with Crippen LogP contribution < -0.4 is 4.74 Å². The zero-order chi connectivity index (χ0) is 13.3. The van der Waals surface area contributed by atoms with Crippen LogP contribution in [-0.4, -0.2) is 12.1 Å². The van der Waals surface area contributed by atoms with E-state index in [1.807, 2.05) is 0 Å². The fourth-order valence-corrected chi connectivity index (χ4v) is 2.10. The van der Waals surface area contributed by atoms with E-state index in [1.165, 1.54) is 19.2 Å². The molecule has 0 amide bonds. The van der Waals surface area contributed by atoms with Crippen molar-refractivity contribution in [2.45, 2.75) is 0 Å². The lowest BCUT2D eigenvalue weighted by molar-refractivity contribution is 0.388. The molecule has 0 spiro atoms. The summed E-state index contributed by atoms with van der Waals surface area (Å²) in [5.74, 6) is -0.498. The molecule has 0 aliphatic heterocycles. The first-order chi connectivity index (χ1) is 8.54. The van der Waals surface area contributed by atoms with Crippen LogP contribution in [0.1, 0.15) is 0 Å². The Morgan fingerprint density at radius 2 is 1.67 bits per heavy atom. The molecule has 6 heteroatoms. The Labute approximate surface area is 118 Å². The molecule has 18 heavy (non-hydrogen) atoms. The quantitative estimate of drug-likeness (QED) is 0.584. The lowest BCUT2D eigenvalue weighted by Gasteiger charge is -2.08. The van der Waals surface area contributed by atoms with E-state index in [-0.39, 0.29) is 21.5 Å². The molecule has 0 bridgehead atoms. The van der Waals surface area contributed by atoms with Gasteiger partial charge in [0, 0.05) is 17.2 Å². The number of benzene rings is 1. The van der Waals surface area contributed by atoms with E-state index in [2.05, 4.69) is 4.98 Å². The summed E-state index contributed by atoms with van der Waals surface area (Å²) in [6, 6.07) is 6.20. The van der Waals surface area contributed by atoms with Gasteiger partial charge in [0.05, 0.1) is 22.2 Å². The molecule has 0 N–H and O–H groups in total. The van der Waals surface area contributed by atoms with Crippen LogP contribution in [0.5, 0.6) is 5.88 Å². The maximum absolute atomic E-state index is 13.8. The predicted octanol–water partition coefficient (Wildman–Crippen LogP) is 4.86. The molecule has 2 nitrogen and oxygen atoms in total. The Bertz CT molecular complexity index is 604. The van der Waals surface area contributed by atoms with Crippen LogP contribution >= 0.6 is 34.8 Å². The van der Waals surface area contributed by atoms with E-state index >= 15 is 0 Å². The van der Waals surface area contributed by atoms with E-state index < -0.39 is 5.95 Å². The van der Waals surface area contributed by atoms with Gasteiger partial charge in [-0.25, -0.2) is 0 Å². The molecule has 2 rings (SSSR count). The molecule has 0 radical (unpaired) electrons. The summed E-state index contributed by atoms with van der Waals surface area (Å²) in [4.78, 5) is 3.64. The van der Waals surface area contributed by atoms with Crippen LogP contribution in [0, 0.1) is 5.95 Å². The molecule has 0 aliphatic carbocycles. The zero-order valence-electron chi connectivity index (χ0n) is 9.18. The summed E-state index contributed by atoms with van der Waals surface area (Å²) in [7, 11) is 1.41. The number of hydrogen-bond acceptors (Lipinski definition) is 2.